The SMILES string of the molecule is Cc1cc(CN(C)CC(=O)N(C)[C@H]2CCS(=O)(=O)C2)no1. The van der Waals surface area contributed by atoms with Crippen molar-refractivity contribution < 1.29 is 17.7 Å². The highest BCUT2D eigenvalue weighted by molar-refractivity contribution is 7.91. The molecule has 0 aliphatic carbocycles. The molecule has 1 amide bonds. The number of likely N-dealkylation sites (N-methyl/N-ethyl adjacent to an activating group) is 2. The first-order valence-corrected chi connectivity index (χ1v) is 8.66. The van der Waals surface area contributed by atoms with Crippen LogP contribution >= 0.6 is 0 Å². The van der Waals surface area contributed by atoms with Gasteiger partial charge in [-0.1, -0.05) is 5.16 Å². The number of nitrogens with zero attached hydrogens (tertiary/aromatic N) is 3. The lowest BCUT2D eigenvalue weighted by molar-refractivity contribution is -0.132. The third-order valence-electron chi connectivity index (χ3n) is 3.66. The summed E-state index contributed by atoms with van der Waals surface area (Å²) in [7, 11) is 0.511. The molecule has 1 aliphatic heterocycles. The Bertz CT molecular complexity index is 611. The van der Waals surface area contributed by atoms with E-state index < -0.39 is 9.84 Å². The average molecular weight is 315 g/mol. The number of hydrogen-bond donors (Lipinski definition) is 0. The minimum atomic E-state index is -2.98. The quantitative estimate of drug-likeness (QED) is 0.764. The molecule has 0 spiro atoms. The standard InChI is InChI=1S/C13H21N3O4S/c1-10-6-11(14-20-10)7-15(2)8-13(17)16(3)12-4-5-21(18,19)9-12/h6,12H,4-5,7-9H2,1-3H3/t12-/m0/s1. The topological polar surface area (TPSA) is 83.7 Å². The van der Waals surface area contributed by atoms with E-state index >= 15 is 0 Å². The zero-order chi connectivity index (χ0) is 15.6. The predicted octanol–water partition coefficient (Wildman–Crippen LogP) is 0.0603. The van der Waals surface area contributed by atoms with Crippen LogP contribution in [-0.4, -0.2) is 67.5 Å². The molecule has 7 nitrogen and oxygen atoms in total. The van der Waals surface area contributed by atoms with E-state index in [1.54, 1.807) is 11.9 Å². The average Bonchev–Trinajstić information content (AvgIpc) is 2.94. The highest BCUT2D eigenvalue weighted by Crippen LogP contribution is 2.16. The summed E-state index contributed by atoms with van der Waals surface area (Å²) in [5.74, 6) is 0.892. The maximum absolute atomic E-state index is 12.2. The van der Waals surface area contributed by atoms with Gasteiger partial charge in [-0.3, -0.25) is 9.69 Å². The van der Waals surface area contributed by atoms with Gasteiger partial charge in [-0.25, -0.2) is 8.42 Å². The van der Waals surface area contributed by atoms with Gasteiger partial charge in [0.05, 0.1) is 23.7 Å². The van der Waals surface area contributed by atoms with Crippen molar-refractivity contribution in [2.75, 3.05) is 32.1 Å². The Labute approximate surface area is 124 Å². The maximum atomic E-state index is 12.2. The molecule has 21 heavy (non-hydrogen) atoms. The van der Waals surface area contributed by atoms with Crippen LogP contribution in [0.4, 0.5) is 0 Å². The smallest absolute Gasteiger partial charge is 0.236 e. The van der Waals surface area contributed by atoms with E-state index in [1.807, 2.05) is 24.9 Å². The third-order valence-corrected chi connectivity index (χ3v) is 5.41. The zero-order valence-electron chi connectivity index (χ0n) is 12.6. The van der Waals surface area contributed by atoms with Crippen molar-refractivity contribution in [2.24, 2.45) is 0 Å². The molecule has 2 heterocycles. The van der Waals surface area contributed by atoms with Gasteiger partial charge in [0, 0.05) is 25.7 Å². The molecule has 0 radical (unpaired) electrons. The van der Waals surface area contributed by atoms with Crippen LogP contribution in [0.2, 0.25) is 0 Å². The second-order valence-corrected chi connectivity index (χ2v) is 7.89. The molecule has 1 aliphatic rings. The Morgan fingerprint density at radius 1 is 1.48 bits per heavy atom. The lowest BCUT2D eigenvalue weighted by Gasteiger charge is -2.25. The second-order valence-electron chi connectivity index (χ2n) is 5.66. The summed E-state index contributed by atoms with van der Waals surface area (Å²) in [6.07, 6.45) is 0.525. The molecule has 2 rings (SSSR count). The minimum Gasteiger partial charge on any atom is -0.361 e. The first-order chi connectivity index (χ1) is 9.77. The van der Waals surface area contributed by atoms with Gasteiger partial charge in [0.15, 0.2) is 9.84 Å². The molecule has 0 N–H and O–H groups in total. The van der Waals surface area contributed by atoms with E-state index in [0.29, 0.717) is 13.0 Å². The van der Waals surface area contributed by atoms with E-state index in [-0.39, 0.29) is 30.0 Å². The number of hydrogen-bond acceptors (Lipinski definition) is 6. The van der Waals surface area contributed by atoms with Crippen LogP contribution in [0, 0.1) is 6.92 Å². The molecule has 1 aromatic heterocycles. The monoisotopic (exact) mass is 315 g/mol. The minimum absolute atomic E-state index is 0.0709. The van der Waals surface area contributed by atoms with Crippen LogP contribution < -0.4 is 0 Å². The van der Waals surface area contributed by atoms with Crippen molar-refractivity contribution >= 4 is 15.7 Å². The number of sulfone groups is 1. The van der Waals surface area contributed by atoms with Gasteiger partial charge in [-0.2, -0.15) is 0 Å². The van der Waals surface area contributed by atoms with Crippen LogP contribution in [-0.2, 0) is 21.2 Å². The van der Waals surface area contributed by atoms with Crippen LogP contribution in [0.5, 0.6) is 0 Å². The first kappa shape index (κ1) is 16.0. The summed E-state index contributed by atoms with van der Waals surface area (Å²) in [5.41, 5.74) is 0.772. The number of aryl methyl sites for hydroxylation is 1. The van der Waals surface area contributed by atoms with E-state index in [4.69, 9.17) is 4.52 Å². The Balaban J connectivity index is 1.86. The molecule has 1 aromatic rings. The van der Waals surface area contributed by atoms with Crippen molar-refractivity contribution in [3.63, 3.8) is 0 Å². The Hall–Kier alpha value is -1.41. The molecule has 0 aromatic carbocycles. The number of amides is 1. The van der Waals surface area contributed by atoms with E-state index in [0.717, 1.165) is 11.5 Å². The predicted molar refractivity (Wildman–Crippen MR) is 77.4 cm³/mol. The van der Waals surface area contributed by atoms with Crippen molar-refractivity contribution in [1.82, 2.24) is 15.0 Å². The summed E-state index contributed by atoms with van der Waals surface area (Å²) < 4.78 is 27.9. The lowest BCUT2D eigenvalue weighted by atomic mass is 10.2. The van der Waals surface area contributed by atoms with Crippen molar-refractivity contribution in [3.8, 4) is 0 Å². The summed E-state index contributed by atoms with van der Waals surface area (Å²) in [5, 5.41) is 3.88. The fraction of sp³-hybridized carbons (Fsp3) is 0.692. The van der Waals surface area contributed by atoms with E-state index in [2.05, 4.69) is 5.16 Å². The normalized spacial score (nSPS) is 20.9. The molecular weight excluding hydrogens is 294 g/mol. The molecule has 8 heteroatoms. The number of carbonyl (C=O) groups is 1. The van der Waals surface area contributed by atoms with Gasteiger partial charge in [-0.15, -0.1) is 0 Å². The van der Waals surface area contributed by atoms with Crippen molar-refractivity contribution in [2.45, 2.75) is 25.9 Å². The molecule has 0 saturated carbocycles. The lowest BCUT2D eigenvalue weighted by Crippen LogP contribution is -2.42. The molecular formula is C13H21N3O4S. The largest absolute Gasteiger partial charge is 0.361 e. The van der Waals surface area contributed by atoms with Gasteiger partial charge >= 0.3 is 0 Å². The Kier molecular flexibility index (Phi) is 4.67. The second kappa shape index (κ2) is 6.15. The zero-order valence-corrected chi connectivity index (χ0v) is 13.4. The molecule has 1 atom stereocenters. The highest BCUT2D eigenvalue weighted by atomic mass is 32.2. The first-order valence-electron chi connectivity index (χ1n) is 6.83. The fourth-order valence-electron chi connectivity index (χ4n) is 2.45. The van der Waals surface area contributed by atoms with Gasteiger partial charge in [0.25, 0.3) is 0 Å². The van der Waals surface area contributed by atoms with E-state index in [1.165, 1.54) is 0 Å². The summed E-state index contributed by atoms with van der Waals surface area (Å²) in [4.78, 5) is 15.6. The molecule has 1 fully saturated rings. The van der Waals surface area contributed by atoms with Crippen molar-refractivity contribution in [3.05, 3.63) is 17.5 Å². The number of aromatic nitrogens is 1. The molecule has 0 unspecified atom stereocenters. The number of rotatable bonds is 5. The third kappa shape index (κ3) is 4.28. The summed E-state index contributed by atoms with van der Waals surface area (Å²) in [6.45, 7) is 2.55. The molecule has 118 valence electrons. The maximum Gasteiger partial charge on any atom is 0.236 e. The van der Waals surface area contributed by atoms with Crippen LogP contribution in [0.3, 0.4) is 0 Å². The van der Waals surface area contributed by atoms with Gasteiger partial charge in [0.1, 0.15) is 5.76 Å². The van der Waals surface area contributed by atoms with Crippen LogP contribution in [0.1, 0.15) is 17.9 Å². The highest BCUT2D eigenvalue weighted by Gasteiger charge is 2.32. The van der Waals surface area contributed by atoms with Gasteiger partial charge < -0.3 is 9.42 Å². The van der Waals surface area contributed by atoms with E-state index in [9.17, 15) is 13.2 Å². The Morgan fingerprint density at radius 2 is 2.19 bits per heavy atom. The van der Waals surface area contributed by atoms with Crippen LogP contribution in [0.25, 0.3) is 0 Å². The fourth-order valence-corrected chi connectivity index (χ4v) is 4.23. The Morgan fingerprint density at radius 3 is 2.71 bits per heavy atom. The summed E-state index contributed by atoms with van der Waals surface area (Å²) in [6, 6.07) is 1.62. The van der Waals surface area contributed by atoms with Gasteiger partial charge in [0.2, 0.25) is 5.91 Å². The molecule has 1 saturated heterocycles. The molecule has 0 bridgehead atoms. The van der Waals surface area contributed by atoms with Crippen LogP contribution in [0.15, 0.2) is 10.6 Å². The number of carbonyl (C=O) groups excluding carboxylic acids is 1. The van der Waals surface area contributed by atoms with Gasteiger partial charge in [-0.05, 0) is 20.4 Å². The summed E-state index contributed by atoms with van der Waals surface area (Å²) >= 11 is 0. The van der Waals surface area contributed by atoms with Crippen molar-refractivity contribution in [1.29, 1.82) is 0 Å².